The van der Waals surface area contributed by atoms with Crippen LogP contribution in [0.1, 0.15) is 30.9 Å². The minimum Gasteiger partial charge on any atom is -0.508 e. The molecule has 2 aromatic rings. The SMILES string of the molecule is CC(C)c1cc(S(=O)(=O)c2c(Br)cc(Br)cc2CC(N)C(=O)O)ccc1O. The lowest BCUT2D eigenvalue weighted by Crippen LogP contribution is -2.32. The van der Waals surface area contributed by atoms with Crippen molar-refractivity contribution in [1.82, 2.24) is 0 Å². The molecule has 0 aromatic heterocycles. The maximum Gasteiger partial charge on any atom is 0.320 e. The quantitative estimate of drug-likeness (QED) is 0.532. The van der Waals surface area contributed by atoms with Crippen molar-refractivity contribution in [2.24, 2.45) is 5.73 Å². The van der Waals surface area contributed by atoms with Crippen LogP contribution in [0, 0.1) is 0 Å². The summed E-state index contributed by atoms with van der Waals surface area (Å²) in [6, 6.07) is 5.98. The zero-order chi connectivity index (χ0) is 20.5. The van der Waals surface area contributed by atoms with Crippen molar-refractivity contribution in [2.75, 3.05) is 0 Å². The number of rotatable bonds is 6. The van der Waals surface area contributed by atoms with Gasteiger partial charge in [-0.3, -0.25) is 4.79 Å². The molecule has 146 valence electrons. The number of phenolic OH excluding ortho intramolecular Hbond substituents is 1. The van der Waals surface area contributed by atoms with Gasteiger partial charge in [0.05, 0.1) is 9.79 Å². The summed E-state index contributed by atoms with van der Waals surface area (Å²) in [5.41, 5.74) is 6.42. The van der Waals surface area contributed by atoms with Crippen molar-refractivity contribution in [1.29, 1.82) is 0 Å². The van der Waals surface area contributed by atoms with E-state index in [1.165, 1.54) is 18.2 Å². The van der Waals surface area contributed by atoms with E-state index in [4.69, 9.17) is 10.8 Å². The van der Waals surface area contributed by atoms with Crippen molar-refractivity contribution in [3.63, 3.8) is 0 Å². The first-order valence-electron chi connectivity index (χ1n) is 7.99. The fourth-order valence-corrected chi connectivity index (χ4v) is 6.19. The van der Waals surface area contributed by atoms with Gasteiger partial charge in [-0.2, -0.15) is 0 Å². The standard InChI is InChI=1S/C18H19Br2NO5S/c1-9(2)13-8-12(3-4-16(13)22)27(25,26)17-10(6-15(21)18(23)24)5-11(19)7-14(17)20/h3-5,7-9,15,22H,6,21H2,1-2H3,(H,23,24). The van der Waals surface area contributed by atoms with E-state index in [1.807, 2.05) is 13.8 Å². The molecule has 0 amide bonds. The number of carbonyl (C=O) groups is 1. The van der Waals surface area contributed by atoms with Gasteiger partial charge in [0.1, 0.15) is 11.8 Å². The van der Waals surface area contributed by atoms with Crippen LogP contribution in [0.4, 0.5) is 0 Å². The minimum atomic E-state index is -3.99. The number of nitrogens with two attached hydrogens (primary N) is 1. The number of benzene rings is 2. The van der Waals surface area contributed by atoms with E-state index in [2.05, 4.69) is 31.9 Å². The summed E-state index contributed by atoms with van der Waals surface area (Å²) in [4.78, 5) is 11.1. The van der Waals surface area contributed by atoms with E-state index in [9.17, 15) is 18.3 Å². The summed E-state index contributed by atoms with van der Waals surface area (Å²) in [6.45, 7) is 3.69. The topological polar surface area (TPSA) is 118 Å². The summed E-state index contributed by atoms with van der Waals surface area (Å²) in [6.07, 6.45) is -0.156. The van der Waals surface area contributed by atoms with Gasteiger partial charge < -0.3 is 15.9 Å². The molecule has 1 unspecified atom stereocenters. The predicted molar refractivity (Wildman–Crippen MR) is 109 cm³/mol. The largest absolute Gasteiger partial charge is 0.508 e. The first-order chi connectivity index (χ1) is 12.4. The number of carboxylic acid groups (broad SMARTS) is 1. The van der Waals surface area contributed by atoms with Gasteiger partial charge in [-0.05, 0) is 69.7 Å². The molecule has 0 aliphatic rings. The molecule has 4 N–H and O–H groups in total. The highest BCUT2D eigenvalue weighted by molar-refractivity contribution is 9.11. The molecule has 27 heavy (non-hydrogen) atoms. The molecular weight excluding hydrogens is 502 g/mol. The third kappa shape index (κ3) is 4.71. The fourth-order valence-electron chi connectivity index (χ4n) is 2.67. The lowest BCUT2D eigenvalue weighted by Gasteiger charge is -2.17. The average Bonchev–Trinajstić information content (AvgIpc) is 2.53. The van der Waals surface area contributed by atoms with Crippen LogP contribution in [0.5, 0.6) is 5.75 Å². The number of carboxylic acids is 1. The third-order valence-electron chi connectivity index (χ3n) is 4.04. The second-order valence-corrected chi connectivity index (χ2v) is 10.1. The van der Waals surface area contributed by atoms with Crippen LogP contribution in [0.3, 0.4) is 0 Å². The summed E-state index contributed by atoms with van der Waals surface area (Å²) in [5, 5.41) is 19.1. The molecule has 0 aliphatic heterocycles. The Bertz CT molecular complexity index is 989. The van der Waals surface area contributed by atoms with Crippen LogP contribution in [0.25, 0.3) is 0 Å². The van der Waals surface area contributed by atoms with Crippen LogP contribution in [-0.2, 0) is 21.1 Å². The highest BCUT2D eigenvalue weighted by Gasteiger charge is 2.28. The van der Waals surface area contributed by atoms with E-state index in [0.29, 0.717) is 14.5 Å². The van der Waals surface area contributed by atoms with Crippen LogP contribution in [0.15, 0.2) is 49.1 Å². The van der Waals surface area contributed by atoms with Crippen molar-refractivity contribution >= 4 is 47.7 Å². The lowest BCUT2D eigenvalue weighted by molar-refractivity contribution is -0.138. The molecule has 2 aromatic carbocycles. The highest BCUT2D eigenvalue weighted by atomic mass is 79.9. The van der Waals surface area contributed by atoms with E-state index in [-0.39, 0.29) is 33.4 Å². The van der Waals surface area contributed by atoms with E-state index in [0.717, 1.165) is 0 Å². The Hall–Kier alpha value is -1.42. The molecule has 9 heteroatoms. The normalized spacial score (nSPS) is 13.0. The number of phenols is 1. The molecule has 1 atom stereocenters. The summed E-state index contributed by atoms with van der Waals surface area (Å²) < 4.78 is 27.5. The van der Waals surface area contributed by atoms with Crippen molar-refractivity contribution in [3.05, 3.63) is 50.4 Å². The van der Waals surface area contributed by atoms with Gasteiger partial charge in [0, 0.05) is 8.95 Å². The van der Waals surface area contributed by atoms with Crippen LogP contribution in [0.2, 0.25) is 0 Å². The number of aromatic hydroxyl groups is 1. The van der Waals surface area contributed by atoms with E-state index in [1.54, 1.807) is 12.1 Å². The van der Waals surface area contributed by atoms with E-state index >= 15 is 0 Å². The zero-order valence-electron chi connectivity index (χ0n) is 14.6. The van der Waals surface area contributed by atoms with Gasteiger partial charge in [0.2, 0.25) is 9.84 Å². The third-order valence-corrected chi connectivity index (χ3v) is 7.28. The Morgan fingerprint density at radius 2 is 1.81 bits per heavy atom. The van der Waals surface area contributed by atoms with Gasteiger partial charge in [0.25, 0.3) is 0 Å². The molecule has 0 heterocycles. The smallest absolute Gasteiger partial charge is 0.320 e. The molecule has 0 radical (unpaired) electrons. The molecule has 6 nitrogen and oxygen atoms in total. The molecule has 0 saturated carbocycles. The Kier molecular flexibility index (Phi) is 6.72. The molecular formula is C18H19Br2NO5S. The first-order valence-corrected chi connectivity index (χ1v) is 11.1. The van der Waals surface area contributed by atoms with Gasteiger partial charge in [-0.1, -0.05) is 29.8 Å². The number of hydrogen-bond acceptors (Lipinski definition) is 5. The van der Waals surface area contributed by atoms with Crippen LogP contribution >= 0.6 is 31.9 Å². The fraction of sp³-hybridized carbons (Fsp3) is 0.278. The van der Waals surface area contributed by atoms with Crippen LogP contribution < -0.4 is 5.73 Å². The predicted octanol–water partition coefficient (Wildman–Crippen LogP) is 3.83. The maximum atomic E-state index is 13.3. The summed E-state index contributed by atoms with van der Waals surface area (Å²) in [5.74, 6) is -1.28. The highest BCUT2D eigenvalue weighted by Crippen LogP contribution is 2.36. The Labute approximate surface area is 174 Å². The van der Waals surface area contributed by atoms with E-state index < -0.39 is 21.8 Å². The number of halogens is 2. The molecule has 0 bridgehead atoms. The van der Waals surface area contributed by atoms with Crippen LogP contribution in [-0.4, -0.2) is 30.6 Å². The van der Waals surface area contributed by atoms with Gasteiger partial charge in [-0.15, -0.1) is 0 Å². The second kappa shape index (κ2) is 8.30. The Balaban J connectivity index is 2.69. The summed E-state index contributed by atoms with van der Waals surface area (Å²) >= 11 is 6.56. The average molecular weight is 521 g/mol. The Morgan fingerprint density at radius 1 is 1.19 bits per heavy atom. The molecule has 0 aliphatic carbocycles. The molecule has 2 rings (SSSR count). The molecule has 0 saturated heterocycles. The number of hydrogen-bond donors (Lipinski definition) is 3. The molecule has 0 fully saturated rings. The number of sulfone groups is 1. The van der Waals surface area contributed by atoms with Gasteiger partial charge in [0.15, 0.2) is 0 Å². The van der Waals surface area contributed by atoms with Gasteiger partial charge >= 0.3 is 5.97 Å². The second-order valence-electron chi connectivity index (χ2n) is 6.40. The zero-order valence-corrected chi connectivity index (χ0v) is 18.6. The van der Waals surface area contributed by atoms with Crippen molar-refractivity contribution < 1.29 is 23.4 Å². The summed E-state index contributed by atoms with van der Waals surface area (Å²) in [7, 11) is -3.99. The lowest BCUT2D eigenvalue weighted by atomic mass is 10.0. The van der Waals surface area contributed by atoms with Crippen molar-refractivity contribution in [3.8, 4) is 5.75 Å². The number of aliphatic carboxylic acids is 1. The minimum absolute atomic E-state index is 0.0113. The van der Waals surface area contributed by atoms with Crippen molar-refractivity contribution in [2.45, 2.75) is 42.0 Å². The maximum absolute atomic E-state index is 13.3. The molecule has 0 spiro atoms. The van der Waals surface area contributed by atoms with Gasteiger partial charge in [-0.25, -0.2) is 8.42 Å². The monoisotopic (exact) mass is 519 g/mol. The Morgan fingerprint density at radius 3 is 2.37 bits per heavy atom. The first kappa shape index (κ1) is 21.9.